The van der Waals surface area contributed by atoms with Gasteiger partial charge in [0.05, 0.1) is 19.3 Å². The van der Waals surface area contributed by atoms with Gasteiger partial charge in [0.15, 0.2) is 0 Å². The van der Waals surface area contributed by atoms with Crippen LogP contribution in [0.25, 0.3) is 0 Å². The second-order valence-corrected chi connectivity index (χ2v) is 3.40. The number of carbonyl (C=O) groups excluding carboxylic acids is 1. The minimum absolute atomic E-state index is 0.0966. The molecule has 4 N–H and O–H groups in total. The Balaban J connectivity index is 2.44. The van der Waals surface area contributed by atoms with Crippen LogP contribution in [0.3, 0.4) is 0 Å². The molecule has 0 bridgehead atoms. The molecule has 0 fully saturated rings. The van der Waals surface area contributed by atoms with Gasteiger partial charge in [-0.3, -0.25) is 4.79 Å². The minimum Gasteiger partial charge on any atom is -0.375 e. The first-order valence-electron chi connectivity index (χ1n) is 4.44. The maximum atomic E-state index is 10.9. The fourth-order valence-electron chi connectivity index (χ4n) is 1.63. The van der Waals surface area contributed by atoms with E-state index in [1.807, 2.05) is 6.07 Å². The van der Waals surface area contributed by atoms with Gasteiger partial charge in [-0.15, -0.1) is 0 Å². The van der Waals surface area contributed by atoms with E-state index < -0.39 is 5.91 Å². The van der Waals surface area contributed by atoms with Crippen molar-refractivity contribution in [1.82, 2.24) is 0 Å². The number of ether oxygens (including phenoxy) is 1. The summed E-state index contributed by atoms with van der Waals surface area (Å²) in [7, 11) is 0. The molecule has 0 radical (unpaired) electrons. The Hall–Kier alpha value is -1.39. The van der Waals surface area contributed by atoms with Crippen LogP contribution in [-0.4, -0.2) is 12.5 Å². The van der Waals surface area contributed by atoms with Gasteiger partial charge in [-0.1, -0.05) is 6.07 Å². The molecule has 0 unspecified atom stereocenters. The van der Waals surface area contributed by atoms with Crippen LogP contribution in [0.2, 0.25) is 0 Å². The molecule has 4 heteroatoms. The molecule has 2 rings (SSSR count). The molecule has 1 amide bonds. The van der Waals surface area contributed by atoms with E-state index in [2.05, 4.69) is 0 Å². The fraction of sp³-hybridized carbons (Fsp3) is 0.300. The molecular formula is C10H12N2O2. The summed E-state index contributed by atoms with van der Waals surface area (Å²) in [5.74, 6) is -0.424. The van der Waals surface area contributed by atoms with Crippen molar-refractivity contribution in [3.63, 3.8) is 0 Å². The van der Waals surface area contributed by atoms with Crippen LogP contribution in [0.15, 0.2) is 18.2 Å². The van der Waals surface area contributed by atoms with E-state index in [-0.39, 0.29) is 6.04 Å². The van der Waals surface area contributed by atoms with Crippen LogP contribution in [0, 0.1) is 0 Å². The summed E-state index contributed by atoms with van der Waals surface area (Å²) in [5, 5.41) is 0. The van der Waals surface area contributed by atoms with Gasteiger partial charge in [-0.05, 0) is 23.3 Å². The lowest BCUT2D eigenvalue weighted by Gasteiger charge is -2.22. The monoisotopic (exact) mass is 192 g/mol. The molecule has 1 aromatic carbocycles. The van der Waals surface area contributed by atoms with Gasteiger partial charge in [0.25, 0.3) is 0 Å². The molecule has 0 saturated heterocycles. The fourth-order valence-corrected chi connectivity index (χ4v) is 1.63. The van der Waals surface area contributed by atoms with Crippen LogP contribution in [-0.2, 0) is 11.3 Å². The van der Waals surface area contributed by atoms with Crippen LogP contribution in [0.4, 0.5) is 0 Å². The number of hydrogen-bond donors (Lipinski definition) is 2. The Morgan fingerprint density at radius 1 is 1.50 bits per heavy atom. The maximum Gasteiger partial charge on any atom is 0.248 e. The van der Waals surface area contributed by atoms with E-state index >= 15 is 0 Å². The summed E-state index contributed by atoms with van der Waals surface area (Å²) in [6, 6.07) is 5.20. The number of rotatable bonds is 1. The predicted octanol–water partition coefficient (Wildman–Crippen LogP) is 0.316. The molecule has 1 heterocycles. The largest absolute Gasteiger partial charge is 0.375 e. The number of fused-ring (bicyclic) bond motifs is 1. The number of nitrogens with two attached hydrogens (primary N) is 2. The summed E-state index contributed by atoms with van der Waals surface area (Å²) < 4.78 is 5.27. The highest BCUT2D eigenvalue weighted by Crippen LogP contribution is 2.23. The quantitative estimate of drug-likeness (QED) is 0.672. The van der Waals surface area contributed by atoms with E-state index in [1.54, 1.807) is 12.1 Å². The molecule has 1 aliphatic heterocycles. The Bertz CT molecular complexity index is 376. The lowest BCUT2D eigenvalue weighted by molar-refractivity contribution is 0.0919. The van der Waals surface area contributed by atoms with E-state index in [9.17, 15) is 4.79 Å². The van der Waals surface area contributed by atoms with Crippen molar-refractivity contribution in [2.24, 2.45) is 11.5 Å². The summed E-state index contributed by atoms with van der Waals surface area (Å²) in [4.78, 5) is 10.9. The third-order valence-electron chi connectivity index (χ3n) is 2.38. The zero-order chi connectivity index (χ0) is 10.1. The third kappa shape index (κ3) is 1.49. The van der Waals surface area contributed by atoms with Crippen LogP contribution >= 0.6 is 0 Å². The van der Waals surface area contributed by atoms with Gasteiger partial charge in [-0.2, -0.15) is 0 Å². The Kier molecular flexibility index (Phi) is 2.23. The highest BCUT2D eigenvalue weighted by atomic mass is 16.5. The zero-order valence-electron chi connectivity index (χ0n) is 7.69. The van der Waals surface area contributed by atoms with Crippen molar-refractivity contribution in [2.45, 2.75) is 12.6 Å². The molecule has 0 saturated carbocycles. The molecule has 74 valence electrons. The first kappa shape index (κ1) is 9.18. The standard InChI is InChI=1S/C10H12N2O2/c11-9-5-14-4-7-3-6(10(12)13)1-2-8(7)9/h1-3,9H,4-5,11H2,(H2,12,13)/t9-/m1/s1. The molecule has 14 heavy (non-hydrogen) atoms. The highest BCUT2D eigenvalue weighted by molar-refractivity contribution is 5.93. The molecule has 1 aliphatic rings. The van der Waals surface area contributed by atoms with Crippen molar-refractivity contribution in [3.05, 3.63) is 34.9 Å². The minimum atomic E-state index is -0.424. The highest BCUT2D eigenvalue weighted by Gasteiger charge is 2.17. The van der Waals surface area contributed by atoms with Gasteiger partial charge in [0.1, 0.15) is 0 Å². The van der Waals surface area contributed by atoms with Crippen LogP contribution < -0.4 is 11.5 Å². The number of hydrogen-bond acceptors (Lipinski definition) is 3. The summed E-state index contributed by atoms with van der Waals surface area (Å²) in [6.07, 6.45) is 0. The first-order chi connectivity index (χ1) is 6.68. The molecular weight excluding hydrogens is 180 g/mol. The summed E-state index contributed by atoms with van der Waals surface area (Å²) in [6.45, 7) is 1.03. The second kappa shape index (κ2) is 3.40. The smallest absolute Gasteiger partial charge is 0.248 e. The lowest BCUT2D eigenvalue weighted by Crippen LogP contribution is -2.24. The SMILES string of the molecule is NC(=O)c1ccc2c(c1)COC[C@H]2N. The first-order valence-corrected chi connectivity index (χ1v) is 4.44. The number of amides is 1. The normalized spacial score (nSPS) is 20.2. The topological polar surface area (TPSA) is 78.3 Å². The summed E-state index contributed by atoms with van der Waals surface area (Å²) in [5.41, 5.74) is 13.5. The molecule has 1 atom stereocenters. The van der Waals surface area contributed by atoms with Crippen LogP contribution in [0.5, 0.6) is 0 Å². The molecule has 0 aromatic heterocycles. The average molecular weight is 192 g/mol. The van der Waals surface area contributed by atoms with Gasteiger partial charge in [0.2, 0.25) is 5.91 Å². The molecule has 4 nitrogen and oxygen atoms in total. The zero-order valence-corrected chi connectivity index (χ0v) is 7.69. The van der Waals surface area contributed by atoms with Crippen molar-refractivity contribution in [3.8, 4) is 0 Å². The second-order valence-electron chi connectivity index (χ2n) is 3.40. The van der Waals surface area contributed by atoms with Gasteiger partial charge in [0, 0.05) is 5.56 Å². The van der Waals surface area contributed by atoms with Crippen LogP contribution in [0.1, 0.15) is 27.5 Å². The van der Waals surface area contributed by atoms with Crippen molar-refractivity contribution in [2.75, 3.05) is 6.61 Å². The van der Waals surface area contributed by atoms with Gasteiger partial charge >= 0.3 is 0 Å². The average Bonchev–Trinajstić information content (AvgIpc) is 2.17. The maximum absolute atomic E-state index is 10.9. The van der Waals surface area contributed by atoms with Crippen molar-refractivity contribution in [1.29, 1.82) is 0 Å². The van der Waals surface area contributed by atoms with E-state index in [4.69, 9.17) is 16.2 Å². The Labute approximate surface area is 81.8 Å². The number of benzene rings is 1. The van der Waals surface area contributed by atoms with Gasteiger partial charge in [-0.25, -0.2) is 0 Å². The van der Waals surface area contributed by atoms with Crippen molar-refractivity contribution < 1.29 is 9.53 Å². The van der Waals surface area contributed by atoms with E-state index in [0.29, 0.717) is 18.8 Å². The Morgan fingerprint density at radius 3 is 3.00 bits per heavy atom. The molecule has 0 aliphatic carbocycles. The lowest BCUT2D eigenvalue weighted by atomic mass is 9.97. The van der Waals surface area contributed by atoms with Gasteiger partial charge < -0.3 is 16.2 Å². The van der Waals surface area contributed by atoms with Crippen molar-refractivity contribution >= 4 is 5.91 Å². The molecule has 1 aromatic rings. The number of primary amides is 1. The van der Waals surface area contributed by atoms with E-state index in [0.717, 1.165) is 11.1 Å². The Morgan fingerprint density at radius 2 is 2.29 bits per heavy atom. The summed E-state index contributed by atoms with van der Waals surface area (Å²) >= 11 is 0. The van der Waals surface area contributed by atoms with E-state index in [1.165, 1.54) is 0 Å². The molecule has 0 spiro atoms. The predicted molar refractivity (Wildman–Crippen MR) is 51.5 cm³/mol. The third-order valence-corrected chi connectivity index (χ3v) is 2.38. The number of carbonyl (C=O) groups is 1.